The molecule has 3 aromatic heterocycles. The zero-order valence-electron chi connectivity index (χ0n) is 41.3. The number of nitrogen functional groups attached to an aromatic ring is 1. The van der Waals surface area contributed by atoms with Crippen molar-refractivity contribution in [2.45, 2.75) is 89.2 Å². The molecule has 5 N–H and O–H groups in total. The van der Waals surface area contributed by atoms with Gasteiger partial charge in [0.2, 0.25) is 17.7 Å². The molecule has 0 unspecified atom stereocenters. The minimum Gasteiger partial charge on any atom is -0.507 e. The van der Waals surface area contributed by atoms with Gasteiger partial charge in [-0.3, -0.25) is 9.59 Å². The summed E-state index contributed by atoms with van der Waals surface area (Å²) in [5, 5.41) is 46.0. The van der Waals surface area contributed by atoms with Crippen LogP contribution >= 0.6 is 0 Å². The number of aliphatic hydroxyl groups is 1. The summed E-state index contributed by atoms with van der Waals surface area (Å²) in [6.07, 6.45) is 4.85. The molecule has 0 spiro atoms. The Balaban J connectivity index is 0.687. The normalized spacial score (nSPS) is 20.1. The Bertz CT molecular complexity index is 2670. The second-order valence-electron chi connectivity index (χ2n) is 19.7. The number of hydrogen-bond acceptors (Lipinski definition) is 17. The molecule has 7 heterocycles. The van der Waals surface area contributed by atoms with Crippen LogP contribution in [0.5, 0.6) is 11.6 Å². The Hall–Kier alpha value is -7.01. The molecule has 4 aliphatic heterocycles. The molecular weight excluding hydrogens is 917 g/mol. The fraction of sp³-hybridized carbons (Fsp3) is 0.491. The van der Waals surface area contributed by atoms with Gasteiger partial charge in [-0.1, -0.05) is 43.3 Å². The molecule has 4 saturated heterocycles. The standard InChI is InChI=1S/C53H66N12O7/c1-34(2)50(53(69)65-33-39(66)29-45(65)52(68)57-35(3)37-10-8-36(32-54)9-11-37)47-31-48(60-72-47)64-20-15-40(16-21-64)70-27-26-61-18-13-41(14-19-61)71-49-28-38(12-17-56-49)62-22-24-63(25-23-62)44-30-43(58-59-51(44)55)42-6-4-5-7-46(42)67/h4-12,17,28,30-31,34-35,39-41,45,50,66-67H,13-16,18-27,29,33H2,1-3H3,(H2,55,59)(H,57,68)/t35-,39+,45-,50-/m0/s1. The van der Waals surface area contributed by atoms with Gasteiger partial charge < -0.3 is 59.8 Å². The van der Waals surface area contributed by atoms with Crippen molar-refractivity contribution >= 4 is 34.8 Å². The number of piperazine rings is 1. The SMILES string of the molecule is CC(C)[C@H](C(=O)N1C[C@H](O)C[C@H]1C(=O)N[C@@H](C)c1ccc(C#N)cc1)c1cc(N2CCC(OCCN3CCC(Oc4cc(N5CCN(c6cc(-c7ccccc7O)nnc6N)CC5)ccn4)CC3)CC2)no1. The van der Waals surface area contributed by atoms with Crippen molar-refractivity contribution in [2.75, 3.05) is 92.5 Å². The maximum atomic E-state index is 14.2. The number of β-amino-alcohol motifs (C(OH)–C–C–N with tert-alkyl or cyclic N) is 1. The minimum absolute atomic E-state index is 0.0526. The zero-order valence-corrected chi connectivity index (χ0v) is 41.3. The van der Waals surface area contributed by atoms with Crippen molar-refractivity contribution in [1.82, 2.24) is 35.5 Å². The largest absolute Gasteiger partial charge is 0.507 e. The highest BCUT2D eigenvalue weighted by molar-refractivity contribution is 5.91. The maximum Gasteiger partial charge on any atom is 0.243 e. The van der Waals surface area contributed by atoms with Gasteiger partial charge in [-0.05, 0) is 80.5 Å². The van der Waals surface area contributed by atoms with Crippen molar-refractivity contribution in [1.29, 1.82) is 5.26 Å². The number of nitriles is 1. The number of phenolic OH excluding ortho intramolecular Hbond substituents is 1. The van der Waals surface area contributed by atoms with Gasteiger partial charge in [0.1, 0.15) is 23.8 Å². The van der Waals surface area contributed by atoms with E-state index >= 15 is 0 Å². The number of ether oxygens (including phenoxy) is 2. The van der Waals surface area contributed by atoms with Crippen molar-refractivity contribution in [3.63, 3.8) is 0 Å². The number of aromatic nitrogens is 4. The number of rotatable bonds is 16. The highest BCUT2D eigenvalue weighted by atomic mass is 16.5. The molecule has 72 heavy (non-hydrogen) atoms. The van der Waals surface area contributed by atoms with Crippen molar-refractivity contribution in [3.8, 4) is 29.0 Å². The number of likely N-dealkylation sites (tertiary alicyclic amines) is 2. The highest BCUT2D eigenvalue weighted by Gasteiger charge is 2.44. The van der Waals surface area contributed by atoms with Crippen LogP contribution in [0, 0.1) is 17.2 Å². The molecule has 2 amide bonds. The van der Waals surface area contributed by atoms with Gasteiger partial charge >= 0.3 is 0 Å². The molecule has 9 rings (SSSR count). The molecule has 4 aliphatic rings. The molecule has 4 atom stereocenters. The molecule has 0 bridgehead atoms. The van der Waals surface area contributed by atoms with E-state index in [2.05, 4.69) is 51.3 Å². The lowest BCUT2D eigenvalue weighted by atomic mass is 9.91. The van der Waals surface area contributed by atoms with Crippen LogP contribution in [0.15, 0.2) is 83.5 Å². The van der Waals surface area contributed by atoms with E-state index in [0.717, 1.165) is 102 Å². The van der Waals surface area contributed by atoms with Gasteiger partial charge in [-0.2, -0.15) is 5.26 Å². The summed E-state index contributed by atoms with van der Waals surface area (Å²) in [5.41, 5.74) is 10.7. The number of carbonyl (C=O) groups is 2. The van der Waals surface area contributed by atoms with Crippen molar-refractivity contribution in [2.24, 2.45) is 5.92 Å². The lowest BCUT2D eigenvalue weighted by Crippen LogP contribution is -2.48. The topological polar surface area (TPSA) is 236 Å². The number of para-hydroxylation sites is 1. The first-order valence-corrected chi connectivity index (χ1v) is 25.3. The smallest absolute Gasteiger partial charge is 0.243 e. The first kappa shape index (κ1) is 50.0. The lowest BCUT2D eigenvalue weighted by Gasteiger charge is -2.37. The Morgan fingerprint density at radius 1 is 0.889 bits per heavy atom. The summed E-state index contributed by atoms with van der Waals surface area (Å²) in [6, 6.07) is 22.8. The number of nitrogens with two attached hydrogens (primary N) is 1. The first-order chi connectivity index (χ1) is 34.9. The van der Waals surface area contributed by atoms with E-state index in [4.69, 9.17) is 25.0 Å². The van der Waals surface area contributed by atoms with Crippen LogP contribution < -0.4 is 30.5 Å². The summed E-state index contributed by atoms with van der Waals surface area (Å²) in [4.78, 5) is 43.0. The predicted molar refractivity (Wildman–Crippen MR) is 271 cm³/mol. The third kappa shape index (κ3) is 11.7. The number of anilines is 4. The Kier molecular flexibility index (Phi) is 15.7. The van der Waals surface area contributed by atoms with Crippen molar-refractivity contribution in [3.05, 3.63) is 95.9 Å². The lowest BCUT2D eigenvalue weighted by molar-refractivity contribution is -0.141. The van der Waals surface area contributed by atoms with E-state index in [-0.39, 0.29) is 54.7 Å². The number of benzene rings is 2. The molecule has 19 nitrogen and oxygen atoms in total. The average molecular weight is 983 g/mol. The molecule has 0 aliphatic carbocycles. The van der Waals surface area contributed by atoms with Crippen LogP contribution in [-0.4, -0.2) is 149 Å². The number of amides is 2. The highest BCUT2D eigenvalue weighted by Crippen LogP contribution is 2.35. The number of phenols is 1. The average Bonchev–Trinajstić information content (AvgIpc) is 4.05. The number of hydrogen-bond donors (Lipinski definition) is 4. The second-order valence-corrected chi connectivity index (χ2v) is 19.7. The zero-order chi connectivity index (χ0) is 50.3. The van der Waals surface area contributed by atoms with E-state index in [0.29, 0.717) is 46.7 Å². The van der Waals surface area contributed by atoms with Gasteiger partial charge in [0.15, 0.2) is 17.4 Å². The first-order valence-electron chi connectivity index (χ1n) is 25.3. The van der Waals surface area contributed by atoms with Crippen LogP contribution in [0.4, 0.5) is 23.0 Å². The molecule has 19 heteroatoms. The quantitative estimate of drug-likeness (QED) is 0.100. The van der Waals surface area contributed by atoms with E-state index in [1.165, 1.54) is 4.90 Å². The molecule has 4 fully saturated rings. The summed E-state index contributed by atoms with van der Waals surface area (Å²) < 4.78 is 18.7. The molecule has 0 radical (unpaired) electrons. The van der Waals surface area contributed by atoms with Crippen LogP contribution in [0.2, 0.25) is 0 Å². The maximum absolute atomic E-state index is 14.2. The summed E-state index contributed by atoms with van der Waals surface area (Å²) in [5.74, 6) is 0.798. The van der Waals surface area contributed by atoms with Crippen molar-refractivity contribution < 1.29 is 33.8 Å². The van der Waals surface area contributed by atoms with Crippen LogP contribution in [0.25, 0.3) is 11.3 Å². The third-order valence-electron chi connectivity index (χ3n) is 14.6. The van der Waals surface area contributed by atoms with E-state index in [1.807, 2.05) is 63.4 Å². The van der Waals surface area contributed by atoms with Gasteiger partial charge in [-0.15, -0.1) is 10.2 Å². The Morgan fingerprint density at radius 2 is 1.61 bits per heavy atom. The number of nitrogens with one attached hydrogen (secondary N) is 1. The van der Waals surface area contributed by atoms with Gasteiger partial charge in [0.05, 0.1) is 47.9 Å². The van der Waals surface area contributed by atoms with E-state index in [9.17, 15) is 19.8 Å². The molecule has 2 aromatic carbocycles. The van der Waals surface area contributed by atoms with Gasteiger partial charge in [-0.25, -0.2) is 4.98 Å². The third-order valence-corrected chi connectivity index (χ3v) is 14.6. The number of aliphatic hydroxyl groups excluding tert-OH is 1. The van der Waals surface area contributed by atoms with Crippen LogP contribution in [0.1, 0.15) is 81.7 Å². The number of pyridine rings is 1. The Labute approximate surface area is 420 Å². The van der Waals surface area contributed by atoms with Crippen LogP contribution in [0.3, 0.4) is 0 Å². The van der Waals surface area contributed by atoms with Gasteiger partial charge in [0.25, 0.3) is 0 Å². The summed E-state index contributed by atoms with van der Waals surface area (Å²) in [6.45, 7) is 13.7. The van der Waals surface area contributed by atoms with Crippen LogP contribution in [-0.2, 0) is 14.3 Å². The number of piperidine rings is 2. The fourth-order valence-corrected chi connectivity index (χ4v) is 10.4. The second kappa shape index (κ2) is 22.6. The van der Waals surface area contributed by atoms with E-state index in [1.54, 1.807) is 36.4 Å². The molecular formula is C53H66N12O7. The summed E-state index contributed by atoms with van der Waals surface area (Å²) >= 11 is 0. The summed E-state index contributed by atoms with van der Waals surface area (Å²) in [7, 11) is 0. The minimum atomic E-state index is -0.835. The van der Waals surface area contributed by atoms with Gasteiger partial charge in [0, 0.05) is 101 Å². The van der Waals surface area contributed by atoms with E-state index < -0.39 is 18.1 Å². The number of carbonyl (C=O) groups excluding carboxylic acids is 2. The number of aromatic hydroxyl groups is 1. The Morgan fingerprint density at radius 3 is 2.33 bits per heavy atom. The molecule has 0 saturated carbocycles. The molecule has 380 valence electrons. The number of nitrogens with zero attached hydrogens (tertiary/aromatic N) is 10. The fourth-order valence-electron chi connectivity index (χ4n) is 10.4. The molecule has 5 aromatic rings. The predicted octanol–water partition coefficient (Wildman–Crippen LogP) is 5.12. The monoisotopic (exact) mass is 983 g/mol.